The minimum atomic E-state index is -2.57. The molecule has 3 N–H and O–H groups in total. The van der Waals surface area contributed by atoms with Gasteiger partial charge < -0.3 is 20.5 Å². The molecule has 0 radical (unpaired) electrons. The monoisotopic (exact) mass is 455 g/mol. The third-order valence-electron chi connectivity index (χ3n) is 3.92. The molecule has 1 atom stereocenters. The molecule has 0 aromatic heterocycles. The lowest BCUT2D eigenvalue weighted by Gasteiger charge is -2.27. The fourth-order valence-electron chi connectivity index (χ4n) is 2.76. The SMILES string of the molecule is COc1ccc(NC(N)=NCC2CCCC(F)(F)C2)cc1OC.I. The van der Waals surface area contributed by atoms with E-state index >= 15 is 0 Å². The molecule has 0 aliphatic heterocycles. The number of ether oxygens (including phenoxy) is 2. The number of guanidine groups is 1. The molecule has 136 valence electrons. The van der Waals surface area contributed by atoms with Crippen LogP contribution in [0.2, 0.25) is 0 Å². The quantitative estimate of drug-likeness (QED) is 0.402. The minimum Gasteiger partial charge on any atom is -0.493 e. The van der Waals surface area contributed by atoms with Gasteiger partial charge in [-0.15, -0.1) is 24.0 Å². The van der Waals surface area contributed by atoms with Crippen molar-refractivity contribution < 1.29 is 18.3 Å². The molecule has 0 bridgehead atoms. The molecule has 1 aromatic rings. The Morgan fingerprint density at radius 2 is 2.04 bits per heavy atom. The van der Waals surface area contributed by atoms with Crippen molar-refractivity contribution in [3.05, 3.63) is 18.2 Å². The molecule has 8 heteroatoms. The molecule has 1 aliphatic rings. The molecular formula is C16H24F2IN3O2. The Kier molecular flexibility index (Phi) is 7.98. The Bertz CT molecular complexity index is 570. The Morgan fingerprint density at radius 1 is 1.33 bits per heavy atom. The van der Waals surface area contributed by atoms with E-state index in [9.17, 15) is 8.78 Å². The predicted octanol–water partition coefficient (Wildman–Crippen LogP) is 3.87. The zero-order valence-electron chi connectivity index (χ0n) is 13.9. The number of rotatable bonds is 5. The van der Waals surface area contributed by atoms with Gasteiger partial charge in [0, 0.05) is 31.1 Å². The molecule has 1 fully saturated rings. The van der Waals surface area contributed by atoms with Crippen LogP contribution in [0.1, 0.15) is 25.7 Å². The van der Waals surface area contributed by atoms with E-state index in [0.717, 1.165) is 6.42 Å². The number of halogens is 3. The zero-order chi connectivity index (χ0) is 16.9. The van der Waals surface area contributed by atoms with E-state index in [-0.39, 0.29) is 48.7 Å². The highest BCUT2D eigenvalue weighted by atomic mass is 127. The molecule has 1 unspecified atom stereocenters. The molecular weight excluding hydrogens is 431 g/mol. The van der Waals surface area contributed by atoms with Gasteiger partial charge in [-0.05, 0) is 30.9 Å². The van der Waals surface area contributed by atoms with E-state index < -0.39 is 5.92 Å². The number of nitrogens with two attached hydrogens (primary N) is 1. The van der Waals surface area contributed by atoms with E-state index in [1.807, 2.05) is 0 Å². The summed E-state index contributed by atoms with van der Waals surface area (Å²) in [4.78, 5) is 4.18. The minimum absolute atomic E-state index is 0. The number of anilines is 1. The van der Waals surface area contributed by atoms with Crippen molar-refractivity contribution in [2.24, 2.45) is 16.6 Å². The first-order valence-corrected chi connectivity index (χ1v) is 7.60. The second-order valence-corrected chi connectivity index (χ2v) is 5.74. The molecule has 0 saturated heterocycles. The van der Waals surface area contributed by atoms with Crippen LogP contribution in [0.25, 0.3) is 0 Å². The first kappa shape index (κ1) is 20.7. The van der Waals surface area contributed by atoms with Gasteiger partial charge in [0.1, 0.15) is 0 Å². The Hall–Kier alpha value is -1.32. The first-order chi connectivity index (χ1) is 10.9. The van der Waals surface area contributed by atoms with Crippen LogP contribution in [-0.4, -0.2) is 32.6 Å². The fraction of sp³-hybridized carbons (Fsp3) is 0.562. The van der Waals surface area contributed by atoms with Crippen LogP contribution in [-0.2, 0) is 0 Å². The summed E-state index contributed by atoms with van der Waals surface area (Å²) in [6.45, 7) is 0.307. The molecule has 0 heterocycles. The van der Waals surface area contributed by atoms with Crippen LogP contribution in [0.5, 0.6) is 11.5 Å². The van der Waals surface area contributed by atoms with Gasteiger partial charge in [-0.3, -0.25) is 4.99 Å². The Morgan fingerprint density at radius 3 is 2.67 bits per heavy atom. The average molecular weight is 455 g/mol. The van der Waals surface area contributed by atoms with Gasteiger partial charge in [0.15, 0.2) is 17.5 Å². The van der Waals surface area contributed by atoms with Crippen LogP contribution in [0, 0.1) is 5.92 Å². The van der Waals surface area contributed by atoms with E-state index in [4.69, 9.17) is 15.2 Å². The highest BCUT2D eigenvalue weighted by Crippen LogP contribution is 2.36. The second kappa shape index (κ2) is 9.24. The van der Waals surface area contributed by atoms with Gasteiger partial charge in [-0.1, -0.05) is 0 Å². The van der Waals surface area contributed by atoms with Crippen molar-refractivity contribution in [2.45, 2.75) is 31.6 Å². The van der Waals surface area contributed by atoms with Gasteiger partial charge in [-0.2, -0.15) is 0 Å². The highest BCUT2D eigenvalue weighted by molar-refractivity contribution is 14.0. The fourth-order valence-corrected chi connectivity index (χ4v) is 2.76. The third-order valence-corrected chi connectivity index (χ3v) is 3.92. The van der Waals surface area contributed by atoms with Crippen LogP contribution < -0.4 is 20.5 Å². The molecule has 1 saturated carbocycles. The number of hydrogen-bond acceptors (Lipinski definition) is 3. The van der Waals surface area contributed by atoms with E-state index in [0.29, 0.717) is 30.2 Å². The van der Waals surface area contributed by atoms with Gasteiger partial charge >= 0.3 is 0 Å². The van der Waals surface area contributed by atoms with Crippen LogP contribution in [0.3, 0.4) is 0 Å². The summed E-state index contributed by atoms with van der Waals surface area (Å²) in [5.41, 5.74) is 6.52. The molecule has 1 aromatic carbocycles. The summed E-state index contributed by atoms with van der Waals surface area (Å²) in [5.74, 6) is -1.31. The lowest BCUT2D eigenvalue weighted by molar-refractivity contribution is -0.0507. The molecule has 0 spiro atoms. The van der Waals surface area contributed by atoms with Crippen molar-refractivity contribution in [1.29, 1.82) is 0 Å². The number of nitrogens with one attached hydrogen (secondary N) is 1. The lowest BCUT2D eigenvalue weighted by Crippen LogP contribution is -2.29. The molecule has 2 rings (SSSR count). The van der Waals surface area contributed by atoms with Crippen molar-refractivity contribution in [2.75, 3.05) is 26.1 Å². The van der Waals surface area contributed by atoms with E-state index in [1.165, 1.54) is 0 Å². The molecule has 24 heavy (non-hydrogen) atoms. The number of methoxy groups -OCH3 is 2. The summed E-state index contributed by atoms with van der Waals surface area (Å²) >= 11 is 0. The normalized spacial score (nSPS) is 20.0. The first-order valence-electron chi connectivity index (χ1n) is 7.60. The van der Waals surface area contributed by atoms with Crippen LogP contribution >= 0.6 is 24.0 Å². The summed E-state index contributed by atoms with van der Waals surface area (Å²) < 4.78 is 37.1. The summed E-state index contributed by atoms with van der Waals surface area (Å²) in [6.07, 6.45) is 1.17. The van der Waals surface area contributed by atoms with Gasteiger partial charge in [0.05, 0.1) is 14.2 Å². The van der Waals surface area contributed by atoms with Crippen molar-refractivity contribution in [3.8, 4) is 11.5 Å². The van der Waals surface area contributed by atoms with E-state index in [1.54, 1.807) is 32.4 Å². The zero-order valence-corrected chi connectivity index (χ0v) is 16.2. The number of hydrogen-bond donors (Lipinski definition) is 2. The maximum Gasteiger partial charge on any atom is 0.248 e. The number of benzene rings is 1. The van der Waals surface area contributed by atoms with Crippen molar-refractivity contribution in [3.63, 3.8) is 0 Å². The van der Waals surface area contributed by atoms with Gasteiger partial charge in [0.2, 0.25) is 5.92 Å². The maximum atomic E-state index is 13.4. The molecule has 1 aliphatic carbocycles. The van der Waals surface area contributed by atoms with Gasteiger partial charge in [-0.25, -0.2) is 8.78 Å². The summed E-state index contributed by atoms with van der Waals surface area (Å²) in [5, 5.41) is 2.93. The van der Waals surface area contributed by atoms with Crippen LogP contribution in [0.4, 0.5) is 14.5 Å². The maximum absolute atomic E-state index is 13.4. The highest BCUT2D eigenvalue weighted by Gasteiger charge is 2.35. The molecule has 0 amide bonds. The summed E-state index contributed by atoms with van der Waals surface area (Å²) in [6, 6.07) is 5.25. The summed E-state index contributed by atoms with van der Waals surface area (Å²) in [7, 11) is 3.10. The standard InChI is InChI=1S/C16H23F2N3O2.HI/c1-22-13-6-5-12(8-14(13)23-2)21-15(19)20-10-11-4-3-7-16(17,18)9-11;/h5-6,8,11H,3-4,7,9-10H2,1-2H3,(H3,19,20,21);1H. The second-order valence-electron chi connectivity index (χ2n) is 5.74. The average Bonchev–Trinajstić information content (AvgIpc) is 2.52. The smallest absolute Gasteiger partial charge is 0.248 e. The number of nitrogens with zero attached hydrogens (tertiary/aromatic N) is 1. The van der Waals surface area contributed by atoms with Crippen molar-refractivity contribution in [1.82, 2.24) is 0 Å². The molecule has 5 nitrogen and oxygen atoms in total. The Labute approximate surface area is 158 Å². The van der Waals surface area contributed by atoms with Gasteiger partial charge in [0.25, 0.3) is 0 Å². The number of alkyl halides is 2. The van der Waals surface area contributed by atoms with Crippen molar-refractivity contribution >= 4 is 35.6 Å². The number of aliphatic imine (C=N–C) groups is 1. The third kappa shape index (κ3) is 5.95. The Balaban J connectivity index is 0.00000288. The lowest BCUT2D eigenvalue weighted by atomic mass is 9.87. The van der Waals surface area contributed by atoms with E-state index in [2.05, 4.69) is 10.3 Å². The predicted molar refractivity (Wildman–Crippen MR) is 102 cm³/mol. The topological polar surface area (TPSA) is 68.9 Å². The largest absolute Gasteiger partial charge is 0.493 e. The van der Waals surface area contributed by atoms with Crippen LogP contribution in [0.15, 0.2) is 23.2 Å².